The number of ether oxygens (including phenoxy) is 1. The molecule has 1 aliphatic rings. The molecule has 0 aliphatic carbocycles. The first-order valence-electron chi connectivity index (χ1n) is 7.44. The van der Waals surface area contributed by atoms with E-state index in [1.807, 2.05) is 0 Å². The molecule has 1 saturated heterocycles. The summed E-state index contributed by atoms with van der Waals surface area (Å²) in [5, 5.41) is 0. The van der Waals surface area contributed by atoms with Crippen LogP contribution in [-0.4, -0.2) is 12.7 Å². The van der Waals surface area contributed by atoms with E-state index in [0.717, 1.165) is 12.5 Å². The van der Waals surface area contributed by atoms with Gasteiger partial charge in [0.25, 0.3) is 0 Å². The molecule has 0 aromatic heterocycles. The van der Waals surface area contributed by atoms with Gasteiger partial charge in [-0.15, -0.1) is 0 Å². The molecule has 0 aromatic rings. The summed E-state index contributed by atoms with van der Waals surface area (Å²) in [5.74, 6) is 0.943. The third-order valence-electron chi connectivity index (χ3n) is 3.82. The first-order valence-corrected chi connectivity index (χ1v) is 7.44. The molecule has 1 aliphatic heterocycles. The van der Waals surface area contributed by atoms with Crippen molar-refractivity contribution in [1.29, 1.82) is 0 Å². The molecule has 96 valence electrons. The van der Waals surface area contributed by atoms with E-state index in [2.05, 4.69) is 13.8 Å². The summed E-state index contributed by atoms with van der Waals surface area (Å²) in [5.41, 5.74) is 0. The van der Waals surface area contributed by atoms with Crippen molar-refractivity contribution in [3.8, 4) is 0 Å². The summed E-state index contributed by atoms with van der Waals surface area (Å²) in [6.45, 7) is 5.71. The maximum Gasteiger partial charge on any atom is 0.0810 e. The van der Waals surface area contributed by atoms with Crippen molar-refractivity contribution >= 4 is 0 Å². The fraction of sp³-hybridized carbons (Fsp3) is 1.00. The zero-order chi connectivity index (χ0) is 11.6. The molecular formula is C15H30O. The molecule has 0 N–H and O–H groups in total. The monoisotopic (exact) mass is 226 g/mol. The molecule has 0 aromatic carbocycles. The predicted octanol–water partition coefficient (Wildman–Crippen LogP) is 4.94. The highest BCUT2D eigenvalue weighted by Gasteiger charge is 2.20. The number of unbranched alkanes of at least 4 members (excludes halogenated alkanes) is 6. The number of hydrogen-bond acceptors (Lipinski definition) is 1. The van der Waals surface area contributed by atoms with E-state index >= 15 is 0 Å². The Morgan fingerprint density at radius 2 is 1.56 bits per heavy atom. The largest absolute Gasteiger partial charge is 0.373 e. The van der Waals surface area contributed by atoms with E-state index < -0.39 is 0 Å². The number of rotatable bonds is 11. The van der Waals surface area contributed by atoms with Gasteiger partial charge in [-0.05, 0) is 12.3 Å². The maximum atomic E-state index is 5.20. The average molecular weight is 226 g/mol. The zero-order valence-corrected chi connectivity index (χ0v) is 11.3. The lowest BCUT2D eigenvalue weighted by Crippen LogP contribution is -1.91. The lowest BCUT2D eigenvalue weighted by Gasteiger charge is -2.07. The van der Waals surface area contributed by atoms with Gasteiger partial charge in [-0.25, -0.2) is 0 Å². The Bertz CT molecular complexity index is 152. The van der Waals surface area contributed by atoms with Crippen molar-refractivity contribution in [1.82, 2.24) is 0 Å². The van der Waals surface area contributed by atoms with Gasteiger partial charge in [-0.1, -0.05) is 71.6 Å². The maximum absolute atomic E-state index is 5.20. The van der Waals surface area contributed by atoms with Crippen LogP contribution < -0.4 is 0 Å². The quantitative estimate of drug-likeness (QED) is 0.359. The van der Waals surface area contributed by atoms with Gasteiger partial charge in [0, 0.05) is 0 Å². The second-order valence-corrected chi connectivity index (χ2v) is 5.52. The van der Waals surface area contributed by atoms with Crippen molar-refractivity contribution in [2.75, 3.05) is 6.61 Å². The fourth-order valence-corrected chi connectivity index (χ4v) is 2.19. The van der Waals surface area contributed by atoms with Gasteiger partial charge < -0.3 is 4.74 Å². The molecule has 2 atom stereocenters. The van der Waals surface area contributed by atoms with Crippen molar-refractivity contribution < 1.29 is 4.74 Å². The molecule has 1 nitrogen and oxygen atoms in total. The highest BCUT2D eigenvalue weighted by Crippen LogP contribution is 2.18. The fourth-order valence-electron chi connectivity index (χ4n) is 2.19. The van der Waals surface area contributed by atoms with Crippen molar-refractivity contribution in [2.24, 2.45) is 5.92 Å². The van der Waals surface area contributed by atoms with E-state index in [-0.39, 0.29) is 0 Å². The lowest BCUT2D eigenvalue weighted by molar-refractivity contribution is 0.387. The van der Waals surface area contributed by atoms with E-state index in [1.165, 1.54) is 64.2 Å². The second kappa shape index (κ2) is 9.04. The third kappa shape index (κ3) is 8.15. The highest BCUT2D eigenvalue weighted by atomic mass is 16.6. The van der Waals surface area contributed by atoms with Crippen LogP contribution in [0.4, 0.5) is 0 Å². The molecule has 1 fully saturated rings. The van der Waals surface area contributed by atoms with E-state index in [1.54, 1.807) is 0 Å². The van der Waals surface area contributed by atoms with Crippen LogP contribution >= 0.6 is 0 Å². The van der Waals surface area contributed by atoms with Gasteiger partial charge in [0.1, 0.15) is 0 Å². The Labute approximate surface area is 102 Å². The molecule has 0 radical (unpaired) electrons. The summed E-state index contributed by atoms with van der Waals surface area (Å²) in [7, 11) is 0. The first kappa shape index (κ1) is 14.0. The normalized spacial score (nSPS) is 21.0. The highest BCUT2D eigenvalue weighted by molar-refractivity contribution is 4.68. The standard InChI is InChI=1S/C15H30O/c1-3-14(2)11-9-7-5-4-6-8-10-12-15-13-16-15/h14-15H,3-13H2,1-2H3. The van der Waals surface area contributed by atoms with Gasteiger partial charge in [-0.2, -0.15) is 0 Å². The first-order chi connectivity index (χ1) is 7.83. The Morgan fingerprint density at radius 3 is 2.12 bits per heavy atom. The topological polar surface area (TPSA) is 12.5 Å². The van der Waals surface area contributed by atoms with Gasteiger partial charge in [0.2, 0.25) is 0 Å². The molecule has 0 spiro atoms. The number of hydrogen-bond donors (Lipinski definition) is 0. The minimum absolute atomic E-state index is 0.649. The van der Waals surface area contributed by atoms with Gasteiger partial charge in [-0.3, -0.25) is 0 Å². The predicted molar refractivity (Wildman–Crippen MR) is 70.7 cm³/mol. The Kier molecular flexibility index (Phi) is 7.92. The van der Waals surface area contributed by atoms with E-state index in [0.29, 0.717) is 6.10 Å². The molecule has 1 heterocycles. The smallest absolute Gasteiger partial charge is 0.0810 e. The Hall–Kier alpha value is -0.0400. The summed E-state index contributed by atoms with van der Waals surface area (Å²) in [6.07, 6.45) is 14.8. The average Bonchev–Trinajstić information content (AvgIpc) is 3.10. The van der Waals surface area contributed by atoms with Crippen LogP contribution in [0.25, 0.3) is 0 Å². The lowest BCUT2D eigenvalue weighted by atomic mass is 9.99. The number of epoxide rings is 1. The van der Waals surface area contributed by atoms with Crippen molar-refractivity contribution in [3.05, 3.63) is 0 Å². The van der Waals surface area contributed by atoms with Crippen LogP contribution in [0.2, 0.25) is 0 Å². The van der Waals surface area contributed by atoms with Crippen LogP contribution in [0.1, 0.15) is 78.1 Å². The molecule has 16 heavy (non-hydrogen) atoms. The molecule has 0 bridgehead atoms. The summed E-state index contributed by atoms with van der Waals surface area (Å²) in [6, 6.07) is 0. The van der Waals surface area contributed by atoms with Crippen LogP contribution in [0.5, 0.6) is 0 Å². The van der Waals surface area contributed by atoms with Crippen LogP contribution in [0, 0.1) is 5.92 Å². The molecule has 0 saturated carbocycles. The van der Waals surface area contributed by atoms with Gasteiger partial charge >= 0.3 is 0 Å². The molecule has 1 heteroatoms. The van der Waals surface area contributed by atoms with Crippen LogP contribution in [0.3, 0.4) is 0 Å². The van der Waals surface area contributed by atoms with E-state index in [4.69, 9.17) is 4.74 Å². The van der Waals surface area contributed by atoms with Crippen molar-refractivity contribution in [3.63, 3.8) is 0 Å². The van der Waals surface area contributed by atoms with Gasteiger partial charge in [0.15, 0.2) is 0 Å². The van der Waals surface area contributed by atoms with Gasteiger partial charge in [0.05, 0.1) is 12.7 Å². The van der Waals surface area contributed by atoms with Crippen LogP contribution in [0.15, 0.2) is 0 Å². The van der Waals surface area contributed by atoms with Crippen LogP contribution in [-0.2, 0) is 4.74 Å². The molecule has 2 unspecified atom stereocenters. The third-order valence-corrected chi connectivity index (χ3v) is 3.82. The molecule has 1 rings (SSSR count). The van der Waals surface area contributed by atoms with E-state index in [9.17, 15) is 0 Å². The summed E-state index contributed by atoms with van der Waals surface area (Å²) < 4.78 is 5.20. The zero-order valence-electron chi connectivity index (χ0n) is 11.3. The minimum Gasteiger partial charge on any atom is -0.373 e. The summed E-state index contributed by atoms with van der Waals surface area (Å²) >= 11 is 0. The molecule has 0 amide bonds. The van der Waals surface area contributed by atoms with Crippen molar-refractivity contribution in [2.45, 2.75) is 84.2 Å². The SMILES string of the molecule is CCC(C)CCCCCCCCCC1CO1. The Morgan fingerprint density at radius 1 is 1.00 bits per heavy atom. The molecular weight excluding hydrogens is 196 g/mol. The summed E-state index contributed by atoms with van der Waals surface area (Å²) in [4.78, 5) is 0. The second-order valence-electron chi connectivity index (χ2n) is 5.52. The minimum atomic E-state index is 0.649. The Balaban J connectivity index is 1.67.